The molecule has 0 spiro atoms. The Balaban J connectivity index is 2.73. The molecule has 3 N–H and O–H groups in total. The van der Waals surface area contributed by atoms with Gasteiger partial charge in [0.2, 0.25) is 0 Å². The summed E-state index contributed by atoms with van der Waals surface area (Å²) >= 11 is 11.0. The number of nitrogens with one attached hydrogen (secondary N) is 1. The van der Waals surface area contributed by atoms with Crippen LogP contribution in [0, 0.1) is 0 Å². The van der Waals surface area contributed by atoms with Gasteiger partial charge in [-0.2, -0.15) is 0 Å². The fourth-order valence-electron chi connectivity index (χ4n) is 0.453. The summed E-state index contributed by atoms with van der Waals surface area (Å²) in [5.41, 5.74) is 5.30. The maximum Gasteiger partial charge on any atom is 0.263 e. The molecule has 1 aliphatic rings. The summed E-state index contributed by atoms with van der Waals surface area (Å²) in [6, 6.07) is 0. The molecule has 1 rings (SSSR count). The van der Waals surface area contributed by atoms with Gasteiger partial charge < -0.3 is 5.32 Å². The number of hydrogen-bond acceptors (Lipinski definition) is 3. The number of alkyl halides is 1. The molecule has 0 aliphatic carbocycles. The highest BCUT2D eigenvalue weighted by Crippen LogP contribution is 2.12. The lowest BCUT2D eigenvalue weighted by molar-refractivity contribution is 0.558. The molecule has 0 bridgehead atoms. The predicted octanol–water partition coefficient (Wildman–Crippen LogP) is 0.549. The second kappa shape index (κ2) is 2.17. The Hall–Kier alpha value is -0.250. The van der Waals surface area contributed by atoms with E-state index >= 15 is 0 Å². The van der Waals surface area contributed by atoms with Gasteiger partial charge in [-0.15, -0.1) is 0 Å². The highest BCUT2D eigenvalue weighted by molar-refractivity contribution is 6.32. The maximum atomic E-state index is 5.51. The lowest BCUT2D eigenvalue weighted by atomic mass is 10.6. The average Bonchev–Trinajstić information content (AvgIpc) is 1.60. The molecule has 1 atom stereocenters. The number of nitrogens with two attached hydrogens (primary N) is 1. The summed E-state index contributed by atoms with van der Waals surface area (Å²) in [6.07, 6.45) is 3.01. The third-order valence-electron chi connectivity index (χ3n) is 0.778. The molecule has 0 amide bonds. The van der Waals surface area contributed by atoms with Crippen LogP contribution in [0.1, 0.15) is 0 Å². The Labute approximate surface area is 62.5 Å². The minimum atomic E-state index is -1.26. The van der Waals surface area contributed by atoms with Gasteiger partial charge in [0.25, 0.3) is 5.25 Å². The normalized spacial score (nSPS) is 33.4. The Morgan fingerprint density at radius 1 is 1.78 bits per heavy atom. The van der Waals surface area contributed by atoms with Crippen molar-refractivity contribution >= 4 is 29.4 Å². The second-order valence-electron chi connectivity index (χ2n) is 1.59. The molecule has 1 heterocycles. The van der Waals surface area contributed by atoms with E-state index in [1.165, 1.54) is 6.21 Å². The van der Waals surface area contributed by atoms with Crippen molar-refractivity contribution in [3.63, 3.8) is 0 Å². The fraction of sp³-hybridized carbons (Fsp3) is 0.250. The maximum absolute atomic E-state index is 5.51. The first-order valence-corrected chi connectivity index (χ1v) is 3.03. The van der Waals surface area contributed by atoms with Crippen LogP contribution < -0.4 is 11.1 Å². The van der Waals surface area contributed by atoms with Crippen molar-refractivity contribution in [1.29, 1.82) is 0 Å². The molecule has 0 saturated carbocycles. The zero-order valence-electron chi connectivity index (χ0n) is 4.44. The molecule has 0 fully saturated rings. The SMILES string of the molecule is NC1(Cl)N=CC=C(Cl)N1. The Morgan fingerprint density at radius 2 is 2.44 bits per heavy atom. The van der Waals surface area contributed by atoms with E-state index in [0.29, 0.717) is 5.16 Å². The van der Waals surface area contributed by atoms with Gasteiger partial charge in [-0.1, -0.05) is 23.2 Å². The van der Waals surface area contributed by atoms with E-state index < -0.39 is 5.25 Å². The van der Waals surface area contributed by atoms with Crippen LogP contribution >= 0.6 is 23.2 Å². The third-order valence-corrected chi connectivity index (χ3v) is 1.19. The van der Waals surface area contributed by atoms with E-state index in [1.54, 1.807) is 6.08 Å². The van der Waals surface area contributed by atoms with Crippen molar-refractivity contribution in [3.05, 3.63) is 11.2 Å². The van der Waals surface area contributed by atoms with Crippen LogP contribution in [0.25, 0.3) is 0 Å². The van der Waals surface area contributed by atoms with E-state index in [9.17, 15) is 0 Å². The zero-order chi connectivity index (χ0) is 6.91. The molecule has 0 radical (unpaired) electrons. The average molecular weight is 166 g/mol. The molecular formula is C4H5Cl2N3. The van der Waals surface area contributed by atoms with Gasteiger partial charge in [0.15, 0.2) is 0 Å². The predicted molar refractivity (Wildman–Crippen MR) is 38.3 cm³/mol. The largest absolute Gasteiger partial charge is 0.326 e. The summed E-state index contributed by atoms with van der Waals surface area (Å²) in [5.74, 6) is 0. The van der Waals surface area contributed by atoms with Crippen LogP contribution in [-0.4, -0.2) is 11.5 Å². The molecule has 1 aliphatic heterocycles. The van der Waals surface area contributed by atoms with Gasteiger partial charge in [-0.25, -0.2) is 4.99 Å². The highest BCUT2D eigenvalue weighted by Gasteiger charge is 2.20. The van der Waals surface area contributed by atoms with Crippen molar-refractivity contribution in [2.75, 3.05) is 0 Å². The van der Waals surface area contributed by atoms with Crippen LogP contribution in [0.15, 0.2) is 16.2 Å². The van der Waals surface area contributed by atoms with Crippen molar-refractivity contribution in [2.45, 2.75) is 5.25 Å². The van der Waals surface area contributed by atoms with Crippen molar-refractivity contribution < 1.29 is 0 Å². The first kappa shape index (κ1) is 6.86. The standard InChI is InChI=1S/C4H5Cl2N3/c5-3-1-2-8-4(6,7)9-3/h1-2,9H,7H2. The van der Waals surface area contributed by atoms with E-state index in [4.69, 9.17) is 28.9 Å². The second-order valence-corrected chi connectivity index (χ2v) is 2.57. The van der Waals surface area contributed by atoms with E-state index in [0.717, 1.165) is 0 Å². The molecule has 1 unspecified atom stereocenters. The zero-order valence-corrected chi connectivity index (χ0v) is 5.95. The molecule has 3 nitrogen and oxygen atoms in total. The Morgan fingerprint density at radius 3 is 2.78 bits per heavy atom. The highest BCUT2D eigenvalue weighted by atomic mass is 35.5. The van der Waals surface area contributed by atoms with Gasteiger partial charge >= 0.3 is 0 Å². The Kier molecular flexibility index (Phi) is 1.66. The van der Waals surface area contributed by atoms with E-state index in [-0.39, 0.29) is 0 Å². The molecule has 9 heavy (non-hydrogen) atoms. The first-order valence-electron chi connectivity index (χ1n) is 2.27. The van der Waals surface area contributed by atoms with Gasteiger partial charge in [-0.05, 0) is 6.08 Å². The number of halogens is 2. The van der Waals surface area contributed by atoms with Crippen LogP contribution in [0.2, 0.25) is 0 Å². The van der Waals surface area contributed by atoms with Gasteiger partial charge in [0.05, 0.1) is 0 Å². The van der Waals surface area contributed by atoms with Crippen LogP contribution in [0.4, 0.5) is 0 Å². The van der Waals surface area contributed by atoms with Crippen molar-refractivity contribution in [1.82, 2.24) is 5.32 Å². The van der Waals surface area contributed by atoms with E-state index in [1.807, 2.05) is 0 Å². The summed E-state index contributed by atoms with van der Waals surface area (Å²) in [7, 11) is 0. The number of rotatable bonds is 0. The first-order chi connectivity index (χ1) is 4.10. The van der Waals surface area contributed by atoms with Crippen LogP contribution in [0.3, 0.4) is 0 Å². The fourth-order valence-corrected chi connectivity index (χ4v) is 0.860. The molecule has 50 valence electrons. The summed E-state index contributed by atoms with van der Waals surface area (Å²) in [5, 5.41) is 1.66. The molecule has 0 saturated heterocycles. The van der Waals surface area contributed by atoms with Crippen molar-refractivity contribution in [3.8, 4) is 0 Å². The third kappa shape index (κ3) is 1.86. The molecule has 0 aromatic heterocycles. The Bertz CT molecular complexity index is 173. The van der Waals surface area contributed by atoms with Crippen LogP contribution in [0.5, 0.6) is 0 Å². The quantitative estimate of drug-likeness (QED) is 0.407. The number of allylic oxidation sites excluding steroid dienone is 1. The summed E-state index contributed by atoms with van der Waals surface area (Å²) in [6.45, 7) is 0. The minimum Gasteiger partial charge on any atom is -0.326 e. The summed E-state index contributed by atoms with van der Waals surface area (Å²) < 4.78 is 0. The van der Waals surface area contributed by atoms with Crippen LogP contribution in [-0.2, 0) is 0 Å². The lowest BCUT2D eigenvalue weighted by Crippen LogP contribution is -2.46. The van der Waals surface area contributed by atoms with Gasteiger partial charge in [-0.3, -0.25) is 5.73 Å². The van der Waals surface area contributed by atoms with Gasteiger partial charge in [0, 0.05) is 6.21 Å². The van der Waals surface area contributed by atoms with Crippen molar-refractivity contribution in [2.24, 2.45) is 10.7 Å². The molecule has 5 heteroatoms. The smallest absolute Gasteiger partial charge is 0.263 e. The van der Waals surface area contributed by atoms with E-state index in [2.05, 4.69) is 10.3 Å². The molecular weight excluding hydrogens is 161 g/mol. The number of aliphatic imine (C=N–C) groups is 1. The monoisotopic (exact) mass is 165 g/mol. The summed E-state index contributed by atoms with van der Waals surface area (Å²) in [4.78, 5) is 3.66. The molecule has 0 aromatic carbocycles. The number of nitrogens with zero attached hydrogens (tertiary/aromatic N) is 1. The molecule has 0 aromatic rings. The number of hydrogen-bond donors (Lipinski definition) is 2. The lowest BCUT2D eigenvalue weighted by Gasteiger charge is -2.20. The topological polar surface area (TPSA) is 50.4 Å². The van der Waals surface area contributed by atoms with Gasteiger partial charge in [0.1, 0.15) is 5.16 Å². The minimum absolute atomic E-state index is 0.391.